The van der Waals surface area contributed by atoms with E-state index in [2.05, 4.69) is 0 Å². The van der Waals surface area contributed by atoms with Gasteiger partial charge in [0, 0.05) is 19.0 Å². The number of aromatic hydroxyl groups is 1. The van der Waals surface area contributed by atoms with Gasteiger partial charge < -0.3 is 10.0 Å². The summed E-state index contributed by atoms with van der Waals surface area (Å²) in [5, 5.41) is 9.30. The highest BCUT2D eigenvalue weighted by molar-refractivity contribution is 7.91. The third kappa shape index (κ3) is 3.91. The molecule has 0 aromatic heterocycles. The number of hydrogen-bond acceptors (Lipinski definition) is 4. The van der Waals surface area contributed by atoms with E-state index in [4.69, 9.17) is 0 Å². The van der Waals surface area contributed by atoms with Crippen LogP contribution in [-0.2, 0) is 14.6 Å². The number of piperidine rings is 1. The second-order valence-electron chi connectivity index (χ2n) is 7.05. The Morgan fingerprint density at radius 1 is 1.08 bits per heavy atom. The molecule has 2 fully saturated rings. The zero-order valence-electron chi connectivity index (χ0n) is 13.9. The van der Waals surface area contributed by atoms with Crippen molar-refractivity contribution in [3.63, 3.8) is 0 Å². The molecule has 0 radical (unpaired) electrons. The molecule has 1 unspecified atom stereocenters. The maximum Gasteiger partial charge on any atom is 0.225 e. The lowest BCUT2D eigenvalue weighted by molar-refractivity contribution is -0.137. The summed E-state index contributed by atoms with van der Waals surface area (Å²) in [7, 11) is -3.39. The molecule has 1 saturated carbocycles. The van der Waals surface area contributed by atoms with Crippen LogP contribution in [0.2, 0.25) is 0 Å². The Morgan fingerprint density at radius 3 is 2.42 bits per heavy atom. The molecule has 1 amide bonds. The van der Waals surface area contributed by atoms with Crippen molar-refractivity contribution in [3.8, 4) is 5.75 Å². The quantitative estimate of drug-likeness (QED) is 0.905. The molecule has 2 aliphatic rings. The summed E-state index contributed by atoms with van der Waals surface area (Å²) in [5.74, 6) is 0.478. The van der Waals surface area contributed by atoms with E-state index >= 15 is 0 Å². The van der Waals surface area contributed by atoms with Gasteiger partial charge in [-0.1, -0.05) is 12.8 Å². The van der Waals surface area contributed by atoms with Gasteiger partial charge in [-0.3, -0.25) is 4.79 Å². The van der Waals surface area contributed by atoms with Crippen LogP contribution < -0.4 is 0 Å². The van der Waals surface area contributed by atoms with E-state index in [-0.39, 0.29) is 34.1 Å². The van der Waals surface area contributed by atoms with Crippen LogP contribution in [0.1, 0.15) is 38.5 Å². The van der Waals surface area contributed by atoms with Crippen molar-refractivity contribution in [2.24, 2.45) is 11.8 Å². The minimum absolute atomic E-state index is 0.0112. The van der Waals surface area contributed by atoms with Crippen molar-refractivity contribution < 1.29 is 18.3 Å². The number of nitrogens with zero attached hydrogens (tertiary/aromatic N) is 1. The summed E-state index contributed by atoms with van der Waals surface area (Å²) in [4.78, 5) is 14.7. The minimum atomic E-state index is -3.39. The molecule has 1 aliphatic heterocycles. The first-order valence-electron chi connectivity index (χ1n) is 8.76. The van der Waals surface area contributed by atoms with Gasteiger partial charge in [-0.25, -0.2) is 8.42 Å². The molecule has 5 nitrogen and oxygen atoms in total. The molecule has 1 aromatic carbocycles. The number of rotatable bonds is 4. The molecule has 0 bridgehead atoms. The van der Waals surface area contributed by atoms with E-state index in [0.29, 0.717) is 6.54 Å². The Hall–Kier alpha value is -1.56. The summed E-state index contributed by atoms with van der Waals surface area (Å²) in [6, 6.07) is 5.66. The summed E-state index contributed by atoms with van der Waals surface area (Å²) >= 11 is 0. The number of amides is 1. The molecule has 132 valence electrons. The van der Waals surface area contributed by atoms with Gasteiger partial charge in [0.2, 0.25) is 5.91 Å². The predicted octanol–water partition coefficient (Wildman–Crippen LogP) is 2.59. The van der Waals surface area contributed by atoms with Gasteiger partial charge in [-0.2, -0.15) is 0 Å². The Balaban J connectivity index is 1.64. The highest BCUT2D eigenvalue weighted by Gasteiger charge is 2.32. The van der Waals surface area contributed by atoms with Gasteiger partial charge in [0.15, 0.2) is 9.84 Å². The number of phenols is 1. The van der Waals surface area contributed by atoms with Crippen LogP contribution in [-0.4, -0.2) is 43.2 Å². The molecule has 6 heteroatoms. The maximum absolute atomic E-state index is 12.6. The minimum Gasteiger partial charge on any atom is -0.508 e. The highest BCUT2D eigenvalue weighted by atomic mass is 32.2. The molecule has 1 atom stereocenters. The smallest absolute Gasteiger partial charge is 0.225 e. The van der Waals surface area contributed by atoms with Crippen molar-refractivity contribution in [2.75, 3.05) is 18.8 Å². The van der Waals surface area contributed by atoms with Crippen LogP contribution in [0.15, 0.2) is 29.2 Å². The van der Waals surface area contributed by atoms with Crippen LogP contribution >= 0.6 is 0 Å². The third-order valence-electron chi connectivity index (χ3n) is 5.19. The van der Waals surface area contributed by atoms with Crippen LogP contribution in [0.4, 0.5) is 0 Å². The molecule has 24 heavy (non-hydrogen) atoms. The molecular weight excluding hydrogens is 326 g/mol. The molecule has 1 saturated heterocycles. The zero-order valence-corrected chi connectivity index (χ0v) is 14.7. The number of sulfone groups is 1. The maximum atomic E-state index is 12.6. The van der Waals surface area contributed by atoms with Crippen molar-refractivity contribution in [1.82, 2.24) is 4.90 Å². The van der Waals surface area contributed by atoms with Crippen molar-refractivity contribution in [2.45, 2.75) is 43.4 Å². The number of likely N-dealkylation sites (tertiary alicyclic amines) is 1. The molecule has 1 aromatic rings. The van der Waals surface area contributed by atoms with E-state index in [0.717, 1.165) is 45.1 Å². The third-order valence-corrected chi connectivity index (χ3v) is 7.09. The van der Waals surface area contributed by atoms with Crippen LogP contribution in [0.5, 0.6) is 5.75 Å². The van der Waals surface area contributed by atoms with Gasteiger partial charge in [-0.15, -0.1) is 0 Å². The second-order valence-corrected chi connectivity index (χ2v) is 9.08. The normalized spacial score (nSPS) is 22.7. The molecule has 0 spiro atoms. The summed E-state index contributed by atoms with van der Waals surface area (Å²) in [5.41, 5.74) is 0. The summed E-state index contributed by atoms with van der Waals surface area (Å²) in [6.07, 6.45) is 5.92. The fraction of sp³-hybridized carbons (Fsp3) is 0.611. The monoisotopic (exact) mass is 351 g/mol. The van der Waals surface area contributed by atoms with E-state index in [1.807, 2.05) is 4.90 Å². The number of carbonyl (C=O) groups excluding carboxylic acids is 1. The number of phenolic OH excluding ortho intramolecular Hbond substituents is 1. The Kier molecular flexibility index (Phi) is 5.13. The summed E-state index contributed by atoms with van der Waals surface area (Å²) in [6.45, 7) is 1.30. The second kappa shape index (κ2) is 7.13. The van der Waals surface area contributed by atoms with Crippen molar-refractivity contribution in [3.05, 3.63) is 24.3 Å². The van der Waals surface area contributed by atoms with Crippen molar-refractivity contribution >= 4 is 15.7 Å². The Morgan fingerprint density at radius 2 is 1.75 bits per heavy atom. The molecule has 1 heterocycles. The first kappa shape index (κ1) is 17.3. The lowest BCUT2D eigenvalue weighted by Gasteiger charge is -2.34. The van der Waals surface area contributed by atoms with Gasteiger partial charge in [-0.05, 0) is 55.9 Å². The Bertz CT molecular complexity index is 677. The van der Waals surface area contributed by atoms with E-state index in [1.54, 1.807) is 0 Å². The standard InChI is InChI=1S/C18H25NO4S/c20-16-7-9-17(10-8-16)24(22,23)13-14-4-3-11-19(12-14)18(21)15-5-1-2-6-15/h7-10,14-15,20H,1-6,11-13H2. The first-order chi connectivity index (χ1) is 11.5. The lowest BCUT2D eigenvalue weighted by atomic mass is 9.97. The van der Waals surface area contributed by atoms with Crippen LogP contribution in [0, 0.1) is 11.8 Å². The average molecular weight is 351 g/mol. The average Bonchev–Trinajstić information content (AvgIpc) is 3.09. The van der Waals surface area contributed by atoms with Gasteiger partial charge in [0.05, 0.1) is 10.6 Å². The molecule has 1 aliphatic carbocycles. The van der Waals surface area contributed by atoms with Gasteiger partial charge in [0.1, 0.15) is 5.75 Å². The summed E-state index contributed by atoms with van der Waals surface area (Å²) < 4.78 is 25.1. The van der Waals surface area contributed by atoms with Crippen LogP contribution in [0.25, 0.3) is 0 Å². The molecular formula is C18H25NO4S. The lowest BCUT2D eigenvalue weighted by Crippen LogP contribution is -2.44. The Labute approximate surface area is 143 Å². The first-order valence-corrected chi connectivity index (χ1v) is 10.4. The van der Waals surface area contributed by atoms with Crippen LogP contribution in [0.3, 0.4) is 0 Å². The van der Waals surface area contributed by atoms with E-state index < -0.39 is 9.84 Å². The topological polar surface area (TPSA) is 74.7 Å². The van der Waals surface area contributed by atoms with Gasteiger partial charge in [0.25, 0.3) is 0 Å². The number of carbonyl (C=O) groups is 1. The highest BCUT2D eigenvalue weighted by Crippen LogP contribution is 2.29. The van der Waals surface area contributed by atoms with E-state index in [1.165, 1.54) is 24.3 Å². The fourth-order valence-corrected chi connectivity index (χ4v) is 5.53. The number of hydrogen-bond donors (Lipinski definition) is 1. The molecule has 3 rings (SSSR count). The predicted molar refractivity (Wildman–Crippen MR) is 91.4 cm³/mol. The van der Waals surface area contributed by atoms with E-state index in [9.17, 15) is 18.3 Å². The SMILES string of the molecule is O=C(C1CCCC1)N1CCCC(CS(=O)(=O)c2ccc(O)cc2)C1. The van der Waals surface area contributed by atoms with Gasteiger partial charge >= 0.3 is 0 Å². The number of benzene rings is 1. The largest absolute Gasteiger partial charge is 0.508 e. The fourth-order valence-electron chi connectivity index (χ4n) is 3.89. The zero-order chi connectivity index (χ0) is 17.2. The molecule has 1 N–H and O–H groups in total. The van der Waals surface area contributed by atoms with Crippen molar-refractivity contribution in [1.29, 1.82) is 0 Å².